The number of benzene rings is 1. The van der Waals surface area contributed by atoms with Crippen LogP contribution in [0.3, 0.4) is 0 Å². The number of rotatable bonds is 6. The lowest BCUT2D eigenvalue weighted by Crippen LogP contribution is -2.33. The number of carboxylic acids is 1. The third kappa shape index (κ3) is 5.04. The molecule has 6 nitrogen and oxygen atoms in total. The van der Waals surface area contributed by atoms with Crippen LogP contribution >= 0.6 is 0 Å². The van der Waals surface area contributed by atoms with Crippen molar-refractivity contribution in [3.05, 3.63) is 35.9 Å². The molecule has 0 aliphatic carbocycles. The number of nitrogens with zero attached hydrogens (tertiary/aromatic N) is 2. The van der Waals surface area contributed by atoms with Gasteiger partial charge in [0, 0.05) is 19.6 Å². The number of carbonyl (C=O) groups excluding carboxylic acids is 1. The first kappa shape index (κ1) is 16.3. The number of amides is 1. The standard InChI is InChI=1S/C16H22N2O4/c1-17(11-15(19)20)9-14-7-8-18(10-14)16(21)22-12-13-5-3-2-4-6-13/h2-6,14H,7-12H2,1H3,(H,19,20)/t14-/m0/s1. The monoisotopic (exact) mass is 306 g/mol. The molecule has 1 fully saturated rings. The summed E-state index contributed by atoms with van der Waals surface area (Å²) < 4.78 is 5.31. The minimum atomic E-state index is -0.834. The molecule has 2 rings (SSSR count). The Balaban J connectivity index is 1.73. The van der Waals surface area contributed by atoms with Crippen molar-refractivity contribution < 1.29 is 19.4 Å². The molecular formula is C16H22N2O4. The molecule has 0 bridgehead atoms. The third-order valence-electron chi connectivity index (χ3n) is 3.72. The predicted octanol–water partition coefficient (Wildman–Crippen LogP) is 1.66. The lowest BCUT2D eigenvalue weighted by atomic mass is 10.1. The fourth-order valence-electron chi connectivity index (χ4n) is 2.69. The molecule has 1 heterocycles. The second kappa shape index (κ2) is 7.79. The maximum atomic E-state index is 12.0. The zero-order chi connectivity index (χ0) is 15.9. The molecule has 1 aromatic rings. The van der Waals surface area contributed by atoms with E-state index in [1.54, 1.807) is 16.8 Å². The van der Waals surface area contributed by atoms with Gasteiger partial charge >= 0.3 is 12.1 Å². The molecule has 1 aliphatic heterocycles. The van der Waals surface area contributed by atoms with E-state index in [1.807, 2.05) is 30.3 Å². The Labute approximate surface area is 130 Å². The highest BCUT2D eigenvalue weighted by molar-refractivity contribution is 5.69. The molecular weight excluding hydrogens is 284 g/mol. The van der Waals surface area contributed by atoms with Crippen molar-refractivity contribution in [2.24, 2.45) is 5.92 Å². The number of carbonyl (C=O) groups is 2. The molecule has 1 atom stereocenters. The van der Waals surface area contributed by atoms with E-state index in [0.29, 0.717) is 25.6 Å². The van der Waals surface area contributed by atoms with Crippen molar-refractivity contribution >= 4 is 12.1 Å². The summed E-state index contributed by atoms with van der Waals surface area (Å²) in [6, 6.07) is 9.58. The highest BCUT2D eigenvalue weighted by Crippen LogP contribution is 2.18. The van der Waals surface area contributed by atoms with Crippen LogP contribution in [0.25, 0.3) is 0 Å². The topological polar surface area (TPSA) is 70.1 Å². The van der Waals surface area contributed by atoms with Gasteiger partial charge in [0.25, 0.3) is 0 Å². The number of hydrogen-bond donors (Lipinski definition) is 1. The van der Waals surface area contributed by atoms with Crippen LogP contribution in [0.4, 0.5) is 4.79 Å². The molecule has 6 heteroatoms. The van der Waals surface area contributed by atoms with E-state index >= 15 is 0 Å². The van der Waals surface area contributed by atoms with E-state index in [1.165, 1.54) is 0 Å². The minimum absolute atomic E-state index is 0.0228. The Morgan fingerprint density at radius 1 is 1.36 bits per heavy atom. The fourth-order valence-corrected chi connectivity index (χ4v) is 2.69. The van der Waals surface area contributed by atoms with Crippen LogP contribution in [0.5, 0.6) is 0 Å². The first-order valence-corrected chi connectivity index (χ1v) is 7.40. The van der Waals surface area contributed by atoms with Crippen molar-refractivity contribution in [3.8, 4) is 0 Å². The predicted molar refractivity (Wildman–Crippen MR) is 81.4 cm³/mol. The molecule has 0 saturated carbocycles. The summed E-state index contributed by atoms with van der Waals surface area (Å²) in [6.07, 6.45) is 0.581. The second-order valence-electron chi connectivity index (χ2n) is 5.73. The highest BCUT2D eigenvalue weighted by atomic mass is 16.6. The summed E-state index contributed by atoms with van der Waals surface area (Å²) in [5.74, 6) is -0.534. The van der Waals surface area contributed by atoms with Crippen LogP contribution in [-0.2, 0) is 16.1 Å². The number of hydrogen-bond acceptors (Lipinski definition) is 4. The van der Waals surface area contributed by atoms with Gasteiger partial charge in [0.15, 0.2) is 0 Å². The van der Waals surface area contributed by atoms with Crippen molar-refractivity contribution in [1.29, 1.82) is 0 Å². The van der Waals surface area contributed by atoms with Gasteiger partial charge in [-0.15, -0.1) is 0 Å². The van der Waals surface area contributed by atoms with Crippen LogP contribution in [0.2, 0.25) is 0 Å². The SMILES string of the molecule is CN(CC(=O)O)C[C@@H]1CCN(C(=O)OCc2ccccc2)C1. The van der Waals surface area contributed by atoms with Crippen molar-refractivity contribution in [2.45, 2.75) is 13.0 Å². The van der Waals surface area contributed by atoms with E-state index in [9.17, 15) is 9.59 Å². The van der Waals surface area contributed by atoms with Crippen LogP contribution in [-0.4, -0.2) is 60.2 Å². The van der Waals surface area contributed by atoms with E-state index < -0.39 is 5.97 Å². The van der Waals surface area contributed by atoms with Crippen molar-refractivity contribution in [1.82, 2.24) is 9.80 Å². The molecule has 0 aromatic heterocycles. The molecule has 1 saturated heterocycles. The van der Waals surface area contributed by atoms with Crippen LogP contribution < -0.4 is 0 Å². The van der Waals surface area contributed by atoms with E-state index in [4.69, 9.17) is 9.84 Å². The molecule has 0 spiro atoms. The van der Waals surface area contributed by atoms with Crippen molar-refractivity contribution in [3.63, 3.8) is 0 Å². The molecule has 1 aliphatic rings. The van der Waals surface area contributed by atoms with Crippen LogP contribution in [0, 0.1) is 5.92 Å². The summed E-state index contributed by atoms with van der Waals surface area (Å²) in [4.78, 5) is 26.1. The Bertz CT molecular complexity index is 506. The molecule has 1 aromatic carbocycles. The van der Waals surface area contributed by atoms with E-state index in [0.717, 1.165) is 12.0 Å². The number of ether oxygens (including phenoxy) is 1. The zero-order valence-electron chi connectivity index (χ0n) is 12.8. The third-order valence-corrected chi connectivity index (χ3v) is 3.72. The summed E-state index contributed by atoms with van der Waals surface area (Å²) >= 11 is 0. The van der Waals surface area contributed by atoms with Gasteiger partial charge in [0.05, 0.1) is 6.54 Å². The Morgan fingerprint density at radius 3 is 2.77 bits per heavy atom. The maximum absolute atomic E-state index is 12.0. The number of likely N-dealkylation sites (tertiary alicyclic amines) is 1. The van der Waals surface area contributed by atoms with Crippen molar-refractivity contribution in [2.75, 3.05) is 33.2 Å². The van der Waals surface area contributed by atoms with Gasteiger partial charge in [-0.1, -0.05) is 30.3 Å². The minimum Gasteiger partial charge on any atom is -0.480 e. The second-order valence-corrected chi connectivity index (χ2v) is 5.73. The summed E-state index contributed by atoms with van der Waals surface area (Å²) in [6.45, 7) is 2.26. The van der Waals surface area contributed by atoms with Gasteiger partial charge in [0.1, 0.15) is 6.61 Å². The smallest absolute Gasteiger partial charge is 0.410 e. The molecule has 0 unspecified atom stereocenters. The van der Waals surface area contributed by atoms with Gasteiger partial charge in [0.2, 0.25) is 0 Å². The Kier molecular flexibility index (Phi) is 5.77. The van der Waals surface area contributed by atoms with Crippen LogP contribution in [0.1, 0.15) is 12.0 Å². The van der Waals surface area contributed by atoms with E-state index in [2.05, 4.69) is 0 Å². The van der Waals surface area contributed by atoms with Gasteiger partial charge in [-0.3, -0.25) is 9.69 Å². The summed E-state index contributed by atoms with van der Waals surface area (Å²) in [5, 5.41) is 8.75. The normalized spacial score (nSPS) is 17.7. The zero-order valence-corrected chi connectivity index (χ0v) is 12.8. The molecule has 120 valence electrons. The lowest BCUT2D eigenvalue weighted by Gasteiger charge is -2.20. The number of likely N-dealkylation sites (N-methyl/N-ethyl adjacent to an activating group) is 1. The molecule has 22 heavy (non-hydrogen) atoms. The van der Waals surface area contributed by atoms with Gasteiger partial charge < -0.3 is 14.7 Å². The lowest BCUT2D eigenvalue weighted by molar-refractivity contribution is -0.138. The largest absolute Gasteiger partial charge is 0.480 e. The first-order valence-electron chi connectivity index (χ1n) is 7.40. The quantitative estimate of drug-likeness (QED) is 0.865. The number of carboxylic acid groups (broad SMARTS) is 1. The Hall–Kier alpha value is -2.08. The molecule has 1 N–H and O–H groups in total. The molecule has 0 radical (unpaired) electrons. The summed E-state index contributed by atoms with van der Waals surface area (Å²) in [5.41, 5.74) is 0.966. The van der Waals surface area contributed by atoms with Gasteiger partial charge in [-0.05, 0) is 24.9 Å². The fraction of sp³-hybridized carbons (Fsp3) is 0.500. The first-order chi connectivity index (χ1) is 10.5. The average Bonchev–Trinajstić information content (AvgIpc) is 2.93. The van der Waals surface area contributed by atoms with E-state index in [-0.39, 0.29) is 19.2 Å². The summed E-state index contributed by atoms with van der Waals surface area (Å²) in [7, 11) is 1.78. The molecule has 1 amide bonds. The maximum Gasteiger partial charge on any atom is 0.410 e. The number of aliphatic carboxylic acids is 1. The van der Waals surface area contributed by atoms with Gasteiger partial charge in [-0.25, -0.2) is 4.79 Å². The highest BCUT2D eigenvalue weighted by Gasteiger charge is 2.28. The van der Waals surface area contributed by atoms with Gasteiger partial charge in [-0.2, -0.15) is 0 Å². The van der Waals surface area contributed by atoms with Crippen LogP contribution in [0.15, 0.2) is 30.3 Å². The Morgan fingerprint density at radius 2 is 2.09 bits per heavy atom. The average molecular weight is 306 g/mol.